The van der Waals surface area contributed by atoms with Crippen molar-refractivity contribution in [1.29, 1.82) is 0 Å². The highest BCUT2D eigenvalue weighted by molar-refractivity contribution is 5.51. The van der Waals surface area contributed by atoms with E-state index in [1.807, 2.05) is 6.07 Å². The van der Waals surface area contributed by atoms with Crippen molar-refractivity contribution in [3.05, 3.63) is 17.7 Å². The number of fused-ring (bicyclic) bond motifs is 1. The number of phenols is 1. The van der Waals surface area contributed by atoms with E-state index < -0.39 is 0 Å². The molecule has 0 aliphatic carbocycles. The second-order valence-corrected chi connectivity index (χ2v) is 5.31. The van der Waals surface area contributed by atoms with Gasteiger partial charge in [0.15, 0.2) is 11.5 Å². The molecule has 1 aromatic carbocycles. The maximum Gasteiger partial charge on any atom is 0.231 e. The van der Waals surface area contributed by atoms with Gasteiger partial charge in [0.25, 0.3) is 0 Å². The number of rotatable bonds is 8. The summed E-state index contributed by atoms with van der Waals surface area (Å²) in [5, 5.41) is 13.1. The molecule has 0 bridgehead atoms. The molecule has 112 valence electrons. The Morgan fingerprint density at radius 3 is 2.75 bits per heavy atom. The molecule has 5 heteroatoms. The van der Waals surface area contributed by atoms with Gasteiger partial charge in [-0.1, -0.05) is 13.8 Å². The second-order valence-electron chi connectivity index (χ2n) is 5.31. The second kappa shape index (κ2) is 7.36. The fourth-order valence-corrected chi connectivity index (χ4v) is 1.90. The number of hydrogen-bond donors (Lipinski definition) is 2. The lowest BCUT2D eigenvalue weighted by molar-refractivity contribution is 0.125. The molecule has 0 amide bonds. The van der Waals surface area contributed by atoms with Gasteiger partial charge in [0.2, 0.25) is 6.79 Å². The quantitative estimate of drug-likeness (QED) is 0.716. The highest BCUT2D eigenvalue weighted by atomic mass is 16.7. The van der Waals surface area contributed by atoms with Crippen molar-refractivity contribution in [3.8, 4) is 17.2 Å². The van der Waals surface area contributed by atoms with E-state index >= 15 is 0 Å². The highest BCUT2D eigenvalue weighted by Gasteiger charge is 2.16. The Labute approximate surface area is 119 Å². The zero-order valence-corrected chi connectivity index (χ0v) is 12.1. The summed E-state index contributed by atoms with van der Waals surface area (Å²) in [7, 11) is 0. The van der Waals surface area contributed by atoms with Crippen LogP contribution >= 0.6 is 0 Å². The predicted octanol–water partition coefficient (Wildman–Crippen LogP) is 2.27. The first-order valence-corrected chi connectivity index (χ1v) is 7.06. The van der Waals surface area contributed by atoms with Crippen LogP contribution < -0.4 is 14.8 Å². The summed E-state index contributed by atoms with van der Waals surface area (Å²) in [5.74, 6) is 2.19. The highest BCUT2D eigenvalue weighted by Crippen LogP contribution is 2.37. The topological polar surface area (TPSA) is 60.0 Å². The van der Waals surface area contributed by atoms with E-state index in [0.29, 0.717) is 30.6 Å². The third-order valence-electron chi connectivity index (χ3n) is 3.15. The van der Waals surface area contributed by atoms with Gasteiger partial charge in [0.05, 0.1) is 6.61 Å². The molecule has 0 atom stereocenters. The van der Waals surface area contributed by atoms with Gasteiger partial charge in [-0.3, -0.25) is 0 Å². The summed E-state index contributed by atoms with van der Waals surface area (Å²) < 4.78 is 16.0. The molecule has 0 unspecified atom stereocenters. The molecule has 0 fully saturated rings. The van der Waals surface area contributed by atoms with Crippen molar-refractivity contribution < 1.29 is 19.3 Å². The Balaban J connectivity index is 1.67. The molecule has 1 aromatic rings. The summed E-state index contributed by atoms with van der Waals surface area (Å²) in [4.78, 5) is 0. The summed E-state index contributed by atoms with van der Waals surface area (Å²) in [5.41, 5.74) is 0.802. The van der Waals surface area contributed by atoms with E-state index in [2.05, 4.69) is 19.2 Å². The van der Waals surface area contributed by atoms with E-state index in [-0.39, 0.29) is 12.5 Å². The maximum atomic E-state index is 9.87. The van der Waals surface area contributed by atoms with Crippen LogP contribution in [-0.2, 0) is 11.3 Å². The van der Waals surface area contributed by atoms with Crippen LogP contribution in [0.5, 0.6) is 17.2 Å². The average Bonchev–Trinajstić information content (AvgIpc) is 2.84. The van der Waals surface area contributed by atoms with E-state index in [1.54, 1.807) is 6.07 Å². The number of phenolic OH excluding ortho intramolecular Hbond substituents is 1. The first-order chi connectivity index (χ1) is 9.66. The minimum atomic E-state index is 0.218. The third kappa shape index (κ3) is 4.28. The average molecular weight is 281 g/mol. The van der Waals surface area contributed by atoms with Crippen molar-refractivity contribution in [2.75, 3.05) is 26.6 Å². The molecule has 0 saturated carbocycles. The molecule has 1 heterocycles. The minimum absolute atomic E-state index is 0.218. The van der Waals surface area contributed by atoms with E-state index in [4.69, 9.17) is 14.2 Å². The van der Waals surface area contributed by atoms with E-state index in [9.17, 15) is 5.11 Å². The molecule has 5 nitrogen and oxygen atoms in total. The van der Waals surface area contributed by atoms with Crippen molar-refractivity contribution in [2.24, 2.45) is 5.92 Å². The first kappa shape index (κ1) is 14.9. The minimum Gasteiger partial charge on any atom is -0.507 e. The normalized spacial score (nSPS) is 13.2. The first-order valence-electron chi connectivity index (χ1n) is 7.06. The molecular weight excluding hydrogens is 258 g/mol. The predicted molar refractivity (Wildman–Crippen MR) is 76.2 cm³/mol. The molecular formula is C15H23NO4. The van der Waals surface area contributed by atoms with Crippen LogP contribution in [0.3, 0.4) is 0 Å². The molecule has 0 spiro atoms. The van der Waals surface area contributed by atoms with Crippen LogP contribution in [0.2, 0.25) is 0 Å². The Morgan fingerprint density at radius 1 is 1.25 bits per heavy atom. The van der Waals surface area contributed by atoms with Gasteiger partial charge in [-0.2, -0.15) is 0 Å². The van der Waals surface area contributed by atoms with Gasteiger partial charge < -0.3 is 24.6 Å². The van der Waals surface area contributed by atoms with E-state index in [1.165, 1.54) is 0 Å². The largest absolute Gasteiger partial charge is 0.507 e. The fraction of sp³-hybridized carbons (Fsp3) is 0.600. The summed E-state index contributed by atoms with van der Waals surface area (Å²) in [6.07, 6.45) is 1.09. The van der Waals surface area contributed by atoms with E-state index in [0.717, 1.165) is 25.1 Å². The van der Waals surface area contributed by atoms with Crippen LogP contribution in [-0.4, -0.2) is 31.7 Å². The number of nitrogens with one attached hydrogen (secondary N) is 1. The SMILES string of the molecule is CC(C)CCOCCNCc1cc2c(cc1O)OCO2. The zero-order chi connectivity index (χ0) is 14.4. The van der Waals surface area contributed by atoms with Crippen molar-refractivity contribution in [3.63, 3.8) is 0 Å². The number of hydrogen-bond acceptors (Lipinski definition) is 5. The number of benzene rings is 1. The third-order valence-corrected chi connectivity index (χ3v) is 3.15. The van der Waals surface area contributed by atoms with Crippen LogP contribution in [0.25, 0.3) is 0 Å². The van der Waals surface area contributed by atoms with Crippen LogP contribution in [0.15, 0.2) is 12.1 Å². The van der Waals surface area contributed by atoms with Crippen molar-refractivity contribution in [2.45, 2.75) is 26.8 Å². The van der Waals surface area contributed by atoms with Gasteiger partial charge in [-0.25, -0.2) is 0 Å². The van der Waals surface area contributed by atoms with Gasteiger partial charge in [-0.05, 0) is 18.4 Å². The summed E-state index contributed by atoms with van der Waals surface area (Å²) in [6.45, 7) is 7.40. The smallest absolute Gasteiger partial charge is 0.231 e. The molecule has 0 aromatic heterocycles. The molecule has 1 aliphatic heterocycles. The lowest BCUT2D eigenvalue weighted by Gasteiger charge is -2.09. The molecule has 2 rings (SSSR count). The standard InChI is InChI=1S/C15H23NO4/c1-11(2)3-5-18-6-4-16-9-12-7-14-15(8-13(12)17)20-10-19-14/h7-8,11,16-17H,3-6,9-10H2,1-2H3. The molecule has 0 radical (unpaired) electrons. The summed E-state index contributed by atoms with van der Waals surface area (Å²) >= 11 is 0. The lowest BCUT2D eigenvalue weighted by Crippen LogP contribution is -2.19. The number of aromatic hydroxyl groups is 1. The molecule has 0 saturated heterocycles. The van der Waals surface area contributed by atoms with Gasteiger partial charge in [-0.15, -0.1) is 0 Å². The Hall–Kier alpha value is -1.46. The molecule has 20 heavy (non-hydrogen) atoms. The maximum absolute atomic E-state index is 9.87. The molecule has 2 N–H and O–H groups in total. The zero-order valence-electron chi connectivity index (χ0n) is 12.1. The summed E-state index contributed by atoms with van der Waals surface area (Å²) in [6, 6.07) is 3.41. The van der Waals surface area contributed by atoms with Crippen LogP contribution in [0.1, 0.15) is 25.8 Å². The van der Waals surface area contributed by atoms with Crippen LogP contribution in [0.4, 0.5) is 0 Å². The van der Waals surface area contributed by atoms with Gasteiger partial charge in [0, 0.05) is 31.3 Å². The Kier molecular flexibility index (Phi) is 5.49. The molecule has 1 aliphatic rings. The number of ether oxygens (including phenoxy) is 3. The van der Waals surface area contributed by atoms with Gasteiger partial charge in [0.1, 0.15) is 5.75 Å². The van der Waals surface area contributed by atoms with Crippen molar-refractivity contribution >= 4 is 0 Å². The van der Waals surface area contributed by atoms with Gasteiger partial charge >= 0.3 is 0 Å². The van der Waals surface area contributed by atoms with Crippen LogP contribution in [0, 0.1) is 5.92 Å². The van der Waals surface area contributed by atoms with Crippen molar-refractivity contribution in [1.82, 2.24) is 5.32 Å². The Morgan fingerprint density at radius 2 is 2.00 bits per heavy atom. The fourth-order valence-electron chi connectivity index (χ4n) is 1.90. The monoisotopic (exact) mass is 281 g/mol. The lowest BCUT2D eigenvalue weighted by atomic mass is 10.1. The Bertz CT molecular complexity index is 434.